The van der Waals surface area contributed by atoms with Gasteiger partial charge in [0.15, 0.2) is 5.82 Å². The van der Waals surface area contributed by atoms with E-state index in [0.29, 0.717) is 22.2 Å². The molecule has 7 heteroatoms. The van der Waals surface area contributed by atoms with Gasteiger partial charge >= 0.3 is 0 Å². The summed E-state index contributed by atoms with van der Waals surface area (Å²) in [6.07, 6.45) is 8.57. The second-order valence-corrected chi connectivity index (χ2v) is 8.67. The highest BCUT2D eigenvalue weighted by atomic mass is 35.5. The first kappa shape index (κ1) is 22.1. The topological polar surface area (TPSA) is 70.2 Å². The number of pyridine rings is 2. The maximum absolute atomic E-state index is 12.8. The third kappa shape index (κ3) is 5.77. The van der Waals surface area contributed by atoms with Crippen molar-refractivity contribution in [1.29, 1.82) is 0 Å². The molecular formula is C25H28ClN5O. The number of amides is 1. The second-order valence-electron chi connectivity index (χ2n) is 8.24. The average Bonchev–Trinajstić information content (AvgIpc) is 2.80. The summed E-state index contributed by atoms with van der Waals surface area (Å²) in [4.78, 5) is 23.7. The van der Waals surface area contributed by atoms with E-state index in [2.05, 4.69) is 25.5 Å². The lowest BCUT2D eigenvalue weighted by molar-refractivity contribution is 0.102. The van der Waals surface area contributed by atoms with Gasteiger partial charge in [0.05, 0.1) is 16.4 Å². The Hall–Kier alpha value is -3.12. The van der Waals surface area contributed by atoms with Crippen LogP contribution in [-0.2, 0) is 0 Å². The third-order valence-corrected chi connectivity index (χ3v) is 6.03. The molecule has 2 aromatic heterocycles. The fourth-order valence-electron chi connectivity index (χ4n) is 4.08. The number of carbonyl (C=O) groups is 1. The molecule has 1 saturated heterocycles. The van der Waals surface area contributed by atoms with E-state index in [9.17, 15) is 4.79 Å². The first-order valence-electron chi connectivity index (χ1n) is 11.0. The monoisotopic (exact) mass is 449 g/mol. The molecule has 1 aliphatic heterocycles. The number of aromatic nitrogens is 2. The van der Waals surface area contributed by atoms with Gasteiger partial charge in [0.1, 0.15) is 0 Å². The van der Waals surface area contributed by atoms with Gasteiger partial charge in [-0.25, -0.2) is 4.98 Å². The zero-order valence-electron chi connectivity index (χ0n) is 18.2. The zero-order chi connectivity index (χ0) is 22.3. The Morgan fingerprint density at radius 3 is 2.75 bits per heavy atom. The smallest absolute Gasteiger partial charge is 0.255 e. The van der Waals surface area contributed by atoms with Crippen LogP contribution in [-0.4, -0.2) is 35.5 Å². The molecule has 0 atom stereocenters. The molecule has 1 aliphatic rings. The summed E-state index contributed by atoms with van der Waals surface area (Å²) in [7, 11) is 0. The first-order chi connectivity index (χ1) is 15.6. The number of halogens is 1. The van der Waals surface area contributed by atoms with Crippen LogP contribution < -0.4 is 15.5 Å². The van der Waals surface area contributed by atoms with Crippen molar-refractivity contribution in [3.05, 3.63) is 77.2 Å². The molecule has 0 radical (unpaired) electrons. The Kier molecular flexibility index (Phi) is 7.22. The molecule has 1 amide bonds. The van der Waals surface area contributed by atoms with Crippen molar-refractivity contribution in [2.75, 3.05) is 35.2 Å². The lowest BCUT2D eigenvalue weighted by atomic mass is 9.93. The number of nitrogens with one attached hydrogen (secondary N) is 2. The second kappa shape index (κ2) is 10.5. The van der Waals surface area contributed by atoms with Gasteiger partial charge in [0.25, 0.3) is 5.91 Å². The van der Waals surface area contributed by atoms with Gasteiger partial charge in [0.2, 0.25) is 0 Å². The van der Waals surface area contributed by atoms with Crippen LogP contribution in [0.15, 0.2) is 61.1 Å². The summed E-state index contributed by atoms with van der Waals surface area (Å²) in [6, 6.07) is 13.3. The average molecular weight is 450 g/mol. The summed E-state index contributed by atoms with van der Waals surface area (Å²) < 4.78 is 0. The molecule has 6 nitrogen and oxygen atoms in total. The van der Waals surface area contributed by atoms with Crippen LogP contribution in [0.2, 0.25) is 5.02 Å². The van der Waals surface area contributed by atoms with E-state index in [0.717, 1.165) is 56.0 Å². The molecule has 166 valence electrons. The number of rotatable bonds is 7. The maximum atomic E-state index is 12.8. The number of carbonyl (C=O) groups excluding carboxylic acids is 1. The molecule has 0 saturated carbocycles. The van der Waals surface area contributed by atoms with Gasteiger partial charge in [-0.05, 0) is 62.4 Å². The fraction of sp³-hybridized carbons (Fsp3) is 0.320. The molecule has 1 aromatic carbocycles. The summed E-state index contributed by atoms with van der Waals surface area (Å²) in [5.74, 6) is 1.28. The molecule has 4 rings (SSSR count). The van der Waals surface area contributed by atoms with Gasteiger partial charge < -0.3 is 15.5 Å². The quantitative estimate of drug-likeness (QED) is 0.504. The molecule has 2 N–H and O–H groups in total. The predicted molar refractivity (Wildman–Crippen MR) is 131 cm³/mol. The third-order valence-electron chi connectivity index (χ3n) is 5.82. The van der Waals surface area contributed by atoms with E-state index < -0.39 is 0 Å². The Bertz CT molecular complexity index is 1050. The van der Waals surface area contributed by atoms with Crippen molar-refractivity contribution in [2.45, 2.75) is 26.2 Å². The van der Waals surface area contributed by atoms with Crippen LogP contribution in [0.4, 0.5) is 17.2 Å². The molecule has 3 heterocycles. The van der Waals surface area contributed by atoms with E-state index in [1.165, 1.54) is 0 Å². The Labute approximate surface area is 194 Å². The summed E-state index contributed by atoms with van der Waals surface area (Å²) >= 11 is 6.20. The van der Waals surface area contributed by atoms with E-state index in [1.807, 2.05) is 49.5 Å². The van der Waals surface area contributed by atoms with Crippen LogP contribution in [0.3, 0.4) is 0 Å². The highest BCUT2D eigenvalue weighted by Crippen LogP contribution is 2.31. The van der Waals surface area contributed by atoms with Crippen molar-refractivity contribution in [3.63, 3.8) is 0 Å². The van der Waals surface area contributed by atoms with Crippen LogP contribution in [0.25, 0.3) is 0 Å². The van der Waals surface area contributed by atoms with Crippen molar-refractivity contribution in [2.24, 2.45) is 5.92 Å². The van der Waals surface area contributed by atoms with Crippen LogP contribution in [0.1, 0.15) is 35.2 Å². The SMILES string of the molecule is Cc1cccc(C(=O)Nc2cc(Cl)cnc2N2CCC(CCNc3cccnc3)CC2)c1. The number of aryl methyl sites for hydroxylation is 1. The van der Waals surface area contributed by atoms with Gasteiger partial charge in [0, 0.05) is 43.8 Å². The molecule has 3 aromatic rings. The van der Waals surface area contributed by atoms with Crippen LogP contribution in [0, 0.1) is 12.8 Å². The largest absolute Gasteiger partial charge is 0.384 e. The van der Waals surface area contributed by atoms with Crippen molar-refractivity contribution >= 4 is 34.7 Å². The van der Waals surface area contributed by atoms with E-state index in [1.54, 1.807) is 18.5 Å². The van der Waals surface area contributed by atoms with Gasteiger partial charge in [-0.1, -0.05) is 29.3 Å². The van der Waals surface area contributed by atoms with Crippen LogP contribution in [0.5, 0.6) is 0 Å². The van der Waals surface area contributed by atoms with Crippen LogP contribution >= 0.6 is 11.6 Å². The van der Waals surface area contributed by atoms with E-state index in [4.69, 9.17) is 11.6 Å². The Morgan fingerprint density at radius 1 is 1.16 bits per heavy atom. The Balaban J connectivity index is 1.35. The minimum atomic E-state index is -0.157. The lowest BCUT2D eigenvalue weighted by Crippen LogP contribution is -2.35. The van der Waals surface area contributed by atoms with Crippen molar-refractivity contribution < 1.29 is 4.79 Å². The Morgan fingerprint density at radius 2 is 2.00 bits per heavy atom. The maximum Gasteiger partial charge on any atom is 0.255 e. The summed E-state index contributed by atoms with van der Waals surface area (Å²) in [5.41, 5.74) is 3.38. The summed E-state index contributed by atoms with van der Waals surface area (Å²) in [6.45, 7) is 4.71. The van der Waals surface area contributed by atoms with Gasteiger partial charge in [-0.3, -0.25) is 9.78 Å². The first-order valence-corrected chi connectivity index (χ1v) is 11.4. The number of anilines is 3. The highest BCUT2D eigenvalue weighted by molar-refractivity contribution is 6.31. The fourth-order valence-corrected chi connectivity index (χ4v) is 4.24. The van der Waals surface area contributed by atoms with E-state index in [-0.39, 0.29) is 5.91 Å². The molecule has 0 spiro atoms. The number of nitrogens with zero attached hydrogens (tertiary/aromatic N) is 3. The number of hydrogen-bond donors (Lipinski definition) is 2. The molecule has 0 bridgehead atoms. The zero-order valence-corrected chi connectivity index (χ0v) is 19.0. The highest BCUT2D eigenvalue weighted by Gasteiger charge is 2.23. The molecule has 0 aliphatic carbocycles. The standard InChI is InChI=1S/C25H28ClN5O/c1-18-4-2-5-20(14-18)25(32)30-23-15-21(26)16-29-24(23)31-12-8-19(9-13-31)7-11-28-22-6-3-10-27-17-22/h2-6,10,14-17,19,28H,7-9,11-13H2,1H3,(H,30,32). The lowest BCUT2D eigenvalue weighted by Gasteiger charge is -2.34. The molecule has 0 unspecified atom stereocenters. The van der Waals surface area contributed by atoms with Gasteiger partial charge in [-0.15, -0.1) is 0 Å². The van der Waals surface area contributed by atoms with E-state index >= 15 is 0 Å². The molecule has 32 heavy (non-hydrogen) atoms. The summed E-state index contributed by atoms with van der Waals surface area (Å²) in [5, 5.41) is 6.96. The number of benzene rings is 1. The normalized spacial score (nSPS) is 14.2. The molecule has 1 fully saturated rings. The van der Waals surface area contributed by atoms with Gasteiger partial charge in [-0.2, -0.15) is 0 Å². The minimum absolute atomic E-state index is 0.157. The number of hydrogen-bond acceptors (Lipinski definition) is 5. The minimum Gasteiger partial charge on any atom is -0.384 e. The van der Waals surface area contributed by atoms with Crippen molar-refractivity contribution in [3.8, 4) is 0 Å². The van der Waals surface area contributed by atoms with Crippen molar-refractivity contribution in [1.82, 2.24) is 9.97 Å². The predicted octanol–water partition coefficient (Wildman–Crippen LogP) is 5.41. The molecular weight excluding hydrogens is 422 g/mol. The number of piperidine rings is 1.